The minimum absolute atomic E-state index is 0.518. The molecule has 5 nitrogen and oxygen atoms in total. The Hall–Kier alpha value is -1.62. The highest BCUT2D eigenvalue weighted by Gasteiger charge is 1.97. The number of nitrogens with one attached hydrogen (secondary N) is 1. The van der Waals surface area contributed by atoms with Crippen LogP contribution in [0.2, 0.25) is 0 Å². The van der Waals surface area contributed by atoms with E-state index in [1.54, 1.807) is 6.20 Å². The molecule has 0 bridgehead atoms. The van der Waals surface area contributed by atoms with Crippen LogP contribution >= 0.6 is 0 Å². The minimum atomic E-state index is 0.518. The molecule has 0 radical (unpaired) electrons. The number of aromatic nitrogens is 1. The SMILES string of the molecule is CCCCN(C)CCN=C(N)NCCc1ccccn1. The van der Waals surface area contributed by atoms with Gasteiger partial charge in [0.15, 0.2) is 5.96 Å². The number of unbranched alkanes of at least 4 members (excludes halogenated alkanes) is 1. The number of hydrogen-bond acceptors (Lipinski definition) is 3. The number of hydrogen-bond donors (Lipinski definition) is 2. The van der Waals surface area contributed by atoms with Crippen LogP contribution in [-0.4, -0.2) is 49.1 Å². The van der Waals surface area contributed by atoms with Crippen molar-refractivity contribution in [1.82, 2.24) is 15.2 Å². The van der Waals surface area contributed by atoms with Gasteiger partial charge in [0.25, 0.3) is 0 Å². The molecule has 0 aromatic carbocycles. The molecular weight excluding hydrogens is 250 g/mol. The van der Waals surface area contributed by atoms with E-state index < -0.39 is 0 Å². The summed E-state index contributed by atoms with van der Waals surface area (Å²) in [4.78, 5) is 10.9. The number of nitrogens with two attached hydrogens (primary N) is 1. The van der Waals surface area contributed by atoms with Gasteiger partial charge in [-0.05, 0) is 32.1 Å². The van der Waals surface area contributed by atoms with Crippen molar-refractivity contribution in [2.45, 2.75) is 26.2 Å². The molecule has 0 fully saturated rings. The predicted molar refractivity (Wildman–Crippen MR) is 84.8 cm³/mol. The van der Waals surface area contributed by atoms with Crippen molar-refractivity contribution in [3.8, 4) is 0 Å². The maximum absolute atomic E-state index is 5.82. The Balaban J connectivity index is 2.12. The topological polar surface area (TPSA) is 66.5 Å². The third-order valence-corrected chi connectivity index (χ3v) is 3.07. The molecule has 1 aromatic heterocycles. The first kappa shape index (κ1) is 16.4. The Labute approximate surface area is 122 Å². The molecule has 0 aliphatic rings. The normalized spacial score (nSPS) is 11.8. The molecular formula is C15H27N5. The van der Waals surface area contributed by atoms with Crippen molar-refractivity contribution in [1.29, 1.82) is 0 Å². The van der Waals surface area contributed by atoms with Crippen molar-refractivity contribution in [2.75, 3.05) is 33.2 Å². The Morgan fingerprint density at radius 1 is 1.40 bits per heavy atom. The van der Waals surface area contributed by atoms with E-state index >= 15 is 0 Å². The van der Waals surface area contributed by atoms with Crippen LogP contribution in [0.3, 0.4) is 0 Å². The van der Waals surface area contributed by atoms with Crippen LogP contribution in [0, 0.1) is 0 Å². The zero-order chi connectivity index (χ0) is 14.6. The van der Waals surface area contributed by atoms with E-state index in [2.05, 4.69) is 34.2 Å². The van der Waals surface area contributed by atoms with Crippen LogP contribution in [0.5, 0.6) is 0 Å². The van der Waals surface area contributed by atoms with E-state index in [4.69, 9.17) is 5.73 Å². The van der Waals surface area contributed by atoms with Crippen molar-refractivity contribution in [3.05, 3.63) is 30.1 Å². The molecule has 112 valence electrons. The molecule has 0 saturated heterocycles. The van der Waals surface area contributed by atoms with Gasteiger partial charge in [0.1, 0.15) is 0 Å². The van der Waals surface area contributed by atoms with Gasteiger partial charge in [-0.3, -0.25) is 9.98 Å². The molecule has 5 heteroatoms. The third kappa shape index (κ3) is 7.74. The second kappa shape index (κ2) is 10.2. The van der Waals surface area contributed by atoms with Crippen LogP contribution in [-0.2, 0) is 6.42 Å². The maximum Gasteiger partial charge on any atom is 0.188 e. The number of pyridine rings is 1. The summed E-state index contributed by atoms with van der Waals surface area (Å²) >= 11 is 0. The number of aliphatic imine (C=N–C) groups is 1. The van der Waals surface area contributed by atoms with E-state index in [9.17, 15) is 0 Å². The quantitative estimate of drug-likeness (QED) is 0.527. The summed E-state index contributed by atoms with van der Waals surface area (Å²) in [5.74, 6) is 0.518. The van der Waals surface area contributed by atoms with E-state index in [1.807, 2.05) is 18.2 Å². The molecule has 20 heavy (non-hydrogen) atoms. The minimum Gasteiger partial charge on any atom is -0.370 e. The third-order valence-electron chi connectivity index (χ3n) is 3.07. The lowest BCUT2D eigenvalue weighted by Gasteiger charge is -2.14. The second-order valence-corrected chi connectivity index (χ2v) is 4.92. The van der Waals surface area contributed by atoms with E-state index in [0.29, 0.717) is 5.96 Å². The molecule has 1 rings (SSSR count). The summed E-state index contributed by atoms with van der Waals surface area (Å²) in [5.41, 5.74) is 6.89. The molecule has 0 saturated carbocycles. The fourth-order valence-electron chi connectivity index (χ4n) is 1.80. The fraction of sp³-hybridized carbons (Fsp3) is 0.600. The van der Waals surface area contributed by atoms with Gasteiger partial charge in [0.05, 0.1) is 6.54 Å². The molecule has 1 heterocycles. The first-order valence-corrected chi connectivity index (χ1v) is 7.34. The zero-order valence-corrected chi connectivity index (χ0v) is 12.7. The van der Waals surface area contributed by atoms with Crippen molar-refractivity contribution >= 4 is 5.96 Å². The van der Waals surface area contributed by atoms with Gasteiger partial charge in [-0.15, -0.1) is 0 Å². The summed E-state index contributed by atoms with van der Waals surface area (Å²) < 4.78 is 0. The molecule has 0 aliphatic carbocycles. The van der Waals surface area contributed by atoms with E-state index in [0.717, 1.165) is 38.3 Å². The summed E-state index contributed by atoms with van der Waals surface area (Å²) in [6.45, 7) is 5.78. The van der Waals surface area contributed by atoms with Gasteiger partial charge in [-0.2, -0.15) is 0 Å². The molecule has 0 aliphatic heterocycles. The smallest absolute Gasteiger partial charge is 0.188 e. The Bertz CT molecular complexity index is 377. The number of rotatable bonds is 9. The number of likely N-dealkylation sites (N-methyl/N-ethyl adjacent to an activating group) is 1. The molecule has 0 spiro atoms. The summed E-state index contributed by atoms with van der Waals surface area (Å²) in [5, 5.41) is 3.12. The van der Waals surface area contributed by atoms with Crippen LogP contribution in [0.25, 0.3) is 0 Å². The van der Waals surface area contributed by atoms with E-state index in [1.165, 1.54) is 12.8 Å². The fourth-order valence-corrected chi connectivity index (χ4v) is 1.80. The highest BCUT2D eigenvalue weighted by Crippen LogP contribution is 1.93. The molecule has 3 N–H and O–H groups in total. The highest BCUT2D eigenvalue weighted by molar-refractivity contribution is 5.77. The average Bonchev–Trinajstić information content (AvgIpc) is 2.46. The lowest BCUT2D eigenvalue weighted by Crippen LogP contribution is -2.34. The first-order chi connectivity index (χ1) is 9.72. The van der Waals surface area contributed by atoms with Gasteiger partial charge >= 0.3 is 0 Å². The van der Waals surface area contributed by atoms with Crippen molar-refractivity contribution in [2.24, 2.45) is 10.7 Å². The van der Waals surface area contributed by atoms with Gasteiger partial charge in [0.2, 0.25) is 0 Å². The van der Waals surface area contributed by atoms with Crippen LogP contribution < -0.4 is 11.1 Å². The standard InChI is InChI=1S/C15H27N5/c1-3-4-12-20(2)13-11-19-15(16)18-10-8-14-7-5-6-9-17-14/h5-7,9H,3-4,8,10-13H2,1-2H3,(H3,16,18,19). The highest BCUT2D eigenvalue weighted by atomic mass is 15.1. The summed E-state index contributed by atoms with van der Waals surface area (Å²) in [6.07, 6.45) is 5.12. The monoisotopic (exact) mass is 277 g/mol. The average molecular weight is 277 g/mol. The first-order valence-electron chi connectivity index (χ1n) is 7.34. The largest absolute Gasteiger partial charge is 0.370 e. The lowest BCUT2D eigenvalue weighted by molar-refractivity contribution is 0.337. The van der Waals surface area contributed by atoms with Gasteiger partial charge in [0, 0.05) is 31.4 Å². The van der Waals surface area contributed by atoms with Crippen molar-refractivity contribution < 1.29 is 0 Å². The molecule has 0 amide bonds. The van der Waals surface area contributed by atoms with Crippen LogP contribution in [0.1, 0.15) is 25.5 Å². The zero-order valence-electron chi connectivity index (χ0n) is 12.7. The van der Waals surface area contributed by atoms with Crippen molar-refractivity contribution in [3.63, 3.8) is 0 Å². The summed E-state index contributed by atoms with van der Waals surface area (Å²) in [6, 6.07) is 5.92. The summed E-state index contributed by atoms with van der Waals surface area (Å²) in [7, 11) is 2.12. The van der Waals surface area contributed by atoms with E-state index in [-0.39, 0.29) is 0 Å². The van der Waals surface area contributed by atoms with Crippen LogP contribution in [0.4, 0.5) is 0 Å². The molecule has 1 aromatic rings. The number of nitrogens with zero attached hydrogens (tertiary/aromatic N) is 3. The van der Waals surface area contributed by atoms with Gasteiger partial charge < -0.3 is 16.0 Å². The lowest BCUT2D eigenvalue weighted by atomic mass is 10.3. The second-order valence-electron chi connectivity index (χ2n) is 4.92. The van der Waals surface area contributed by atoms with Gasteiger partial charge in [-0.1, -0.05) is 19.4 Å². The van der Waals surface area contributed by atoms with Crippen LogP contribution in [0.15, 0.2) is 29.4 Å². The Morgan fingerprint density at radius 3 is 2.95 bits per heavy atom. The van der Waals surface area contributed by atoms with Gasteiger partial charge in [-0.25, -0.2) is 0 Å². The Morgan fingerprint density at radius 2 is 2.25 bits per heavy atom. The molecule has 0 unspecified atom stereocenters. The maximum atomic E-state index is 5.82. The number of guanidine groups is 1. The Kier molecular flexibility index (Phi) is 8.38. The predicted octanol–water partition coefficient (Wildman–Crippen LogP) is 1.26. The molecule has 0 atom stereocenters.